The molecule has 0 aromatic heterocycles. The Labute approximate surface area is 146 Å². The topological polar surface area (TPSA) is 58.6 Å². The molecule has 0 saturated carbocycles. The Morgan fingerprint density at radius 3 is 2.62 bits per heavy atom. The van der Waals surface area contributed by atoms with Crippen molar-refractivity contribution in [3.8, 4) is 0 Å². The highest BCUT2D eigenvalue weighted by atomic mass is 35.5. The summed E-state index contributed by atoms with van der Waals surface area (Å²) in [7, 11) is 0. The molecular weight excluding hydrogens is 335 g/mol. The van der Waals surface area contributed by atoms with Gasteiger partial charge in [-0.2, -0.15) is 0 Å². The molecule has 7 heteroatoms. The Hall–Kier alpha value is -1.82. The summed E-state index contributed by atoms with van der Waals surface area (Å²) < 4.78 is 18.5. The highest BCUT2D eigenvalue weighted by molar-refractivity contribution is 6.33. The zero-order valence-corrected chi connectivity index (χ0v) is 15.0. The van der Waals surface area contributed by atoms with E-state index >= 15 is 0 Å². The first-order chi connectivity index (χ1) is 11.0. The van der Waals surface area contributed by atoms with Gasteiger partial charge >= 0.3 is 6.09 Å². The van der Waals surface area contributed by atoms with Gasteiger partial charge in [0.05, 0.1) is 10.7 Å². The summed E-state index contributed by atoms with van der Waals surface area (Å²) in [5, 5.41) is 2.79. The number of anilines is 1. The Balaban J connectivity index is 2.18. The molecule has 2 rings (SSSR count). The van der Waals surface area contributed by atoms with Crippen molar-refractivity contribution < 1.29 is 18.7 Å². The molecule has 1 heterocycles. The normalized spacial score (nSPS) is 20.8. The molecule has 1 aliphatic heterocycles. The minimum Gasteiger partial charge on any atom is -0.444 e. The number of carbonyl (C=O) groups is 2. The number of likely N-dealkylation sites (tertiary alicyclic amines) is 1. The number of benzene rings is 1. The molecule has 1 aromatic rings. The maximum atomic E-state index is 13.1. The van der Waals surface area contributed by atoms with Gasteiger partial charge in [0.2, 0.25) is 5.91 Å². The van der Waals surface area contributed by atoms with Crippen molar-refractivity contribution in [2.24, 2.45) is 0 Å². The van der Waals surface area contributed by atoms with Crippen LogP contribution in [0.15, 0.2) is 18.2 Å². The molecule has 2 amide bonds. The van der Waals surface area contributed by atoms with Gasteiger partial charge in [-0.1, -0.05) is 11.6 Å². The molecule has 0 spiro atoms. The molecule has 1 aromatic carbocycles. The zero-order valence-electron chi connectivity index (χ0n) is 14.3. The van der Waals surface area contributed by atoms with Crippen LogP contribution in [0.5, 0.6) is 0 Å². The number of rotatable bonds is 2. The number of carbonyl (C=O) groups excluding carboxylic acids is 2. The van der Waals surface area contributed by atoms with Crippen LogP contribution in [0.25, 0.3) is 0 Å². The number of ether oxygens (including phenoxy) is 1. The number of halogens is 2. The van der Waals surface area contributed by atoms with Crippen LogP contribution in [0.2, 0.25) is 5.02 Å². The lowest BCUT2D eigenvalue weighted by Crippen LogP contribution is -2.54. The minimum absolute atomic E-state index is 0.105. The van der Waals surface area contributed by atoms with Gasteiger partial charge in [-0.05, 0) is 58.7 Å². The molecule has 1 saturated heterocycles. The van der Waals surface area contributed by atoms with Gasteiger partial charge in [-0.25, -0.2) is 9.18 Å². The predicted octanol–water partition coefficient (Wildman–Crippen LogP) is 4.21. The maximum Gasteiger partial charge on any atom is 0.411 e. The second kappa shape index (κ2) is 6.59. The molecule has 1 aliphatic rings. The molecule has 1 unspecified atom stereocenters. The van der Waals surface area contributed by atoms with E-state index in [9.17, 15) is 14.0 Å². The molecule has 0 bridgehead atoms. The van der Waals surface area contributed by atoms with Crippen LogP contribution in [-0.2, 0) is 9.53 Å². The van der Waals surface area contributed by atoms with Crippen LogP contribution >= 0.6 is 11.6 Å². The second-order valence-corrected chi connectivity index (χ2v) is 7.49. The number of nitrogens with one attached hydrogen (secondary N) is 1. The van der Waals surface area contributed by atoms with Crippen LogP contribution in [0, 0.1) is 5.82 Å². The van der Waals surface area contributed by atoms with Gasteiger partial charge < -0.3 is 10.1 Å². The monoisotopic (exact) mass is 356 g/mol. The fourth-order valence-corrected chi connectivity index (χ4v) is 2.87. The molecule has 132 valence electrons. The van der Waals surface area contributed by atoms with Crippen LogP contribution < -0.4 is 5.32 Å². The summed E-state index contributed by atoms with van der Waals surface area (Å²) in [6.45, 7) is 7.46. The van der Waals surface area contributed by atoms with Crippen molar-refractivity contribution >= 4 is 29.3 Å². The third-order valence-electron chi connectivity index (χ3n) is 3.92. The number of hydrogen-bond acceptors (Lipinski definition) is 3. The molecule has 24 heavy (non-hydrogen) atoms. The lowest BCUT2D eigenvalue weighted by Gasteiger charge is -2.35. The first-order valence-electron chi connectivity index (χ1n) is 7.80. The fraction of sp³-hybridized carbons (Fsp3) is 0.529. The van der Waals surface area contributed by atoms with Crippen LogP contribution in [0.4, 0.5) is 14.9 Å². The average molecular weight is 357 g/mol. The van der Waals surface area contributed by atoms with Gasteiger partial charge in [0.1, 0.15) is 17.0 Å². The van der Waals surface area contributed by atoms with Crippen LogP contribution in [0.1, 0.15) is 40.5 Å². The van der Waals surface area contributed by atoms with E-state index in [0.717, 1.165) is 6.07 Å². The van der Waals surface area contributed by atoms with Crippen molar-refractivity contribution in [1.29, 1.82) is 0 Å². The second-order valence-electron chi connectivity index (χ2n) is 7.09. The molecule has 0 aliphatic carbocycles. The van der Waals surface area contributed by atoms with E-state index < -0.39 is 23.1 Å². The lowest BCUT2D eigenvalue weighted by molar-refractivity contribution is -0.125. The average Bonchev–Trinajstić information content (AvgIpc) is 2.83. The predicted molar refractivity (Wildman–Crippen MR) is 90.6 cm³/mol. The Morgan fingerprint density at radius 2 is 2.04 bits per heavy atom. The molecule has 1 N–H and O–H groups in total. The number of amides is 2. The first-order valence-corrected chi connectivity index (χ1v) is 8.18. The van der Waals surface area contributed by atoms with Gasteiger partial charge in [-0.15, -0.1) is 0 Å². The number of nitrogens with zero attached hydrogens (tertiary/aromatic N) is 1. The summed E-state index contributed by atoms with van der Waals surface area (Å²) in [6, 6.07) is 3.73. The quantitative estimate of drug-likeness (QED) is 0.863. The van der Waals surface area contributed by atoms with Gasteiger partial charge in [0.25, 0.3) is 0 Å². The highest BCUT2D eigenvalue weighted by Crippen LogP contribution is 2.33. The maximum absolute atomic E-state index is 13.1. The fourth-order valence-electron chi connectivity index (χ4n) is 2.66. The molecular formula is C17H22ClFN2O3. The third kappa shape index (κ3) is 3.98. The summed E-state index contributed by atoms with van der Waals surface area (Å²) in [4.78, 5) is 26.6. The van der Waals surface area contributed by atoms with Crippen molar-refractivity contribution in [3.63, 3.8) is 0 Å². The van der Waals surface area contributed by atoms with E-state index in [-0.39, 0.29) is 10.9 Å². The van der Waals surface area contributed by atoms with E-state index in [0.29, 0.717) is 25.1 Å². The zero-order chi connectivity index (χ0) is 18.1. The molecule has 5 nitrogen and oxygen atoms in total. The van der Waals surface area contributed by atoms with E-state index in [1.54, 1.807) is 27.7 Å². The van der Waals surface area contributed by atoms with Crippen molar-refractivity contribution in [1.82, 2.24) is 4.90 Å². The van der Waals surface area contributed by atoms with E-state index in [2.05, 4.69) is 5.32 Å². The van der Waals surface area contributed by atoms with Gasteiger partial charge in [0.15, 0.2) is 0 Å². The summed E-state index contributed by atoms with van der Waals surface area (Å²) >= 11 is 5.95. The summed E-state index contributed by atoms with van der Waals surface area (Å²) in [6.07, 6.45) is 0.680. The first kappa shape index (κ1) is 18.5. The van der Waals surface area contributed by atoms with Crippen molar-refractivity contribution in [2.45, 2.75) is 51.7 Å². The minimum atomic E-state index is -1.04. The van der Waals surface area contributed by atoms with Crippen LogP contribution in [0.3, 0.4) is 0 Å². The Bertz CT molecular complexity index is 660. The van der Waals surface area contributed by atoms with E-state index in [1.165, 1.54) is 17.0 Å². The van der Waals surface area contributed by atoms with E-state index in [4.69, 9.17) is 16.3 Å². The highest BCUT2D eigenvalue weighted by Gasteiger charge is 2.47. The molecule has 1 atom stereocenters. The van der Waals surface area contributed by atoms with Gasteiger partial charge in [-0.3, -0.25) is 9.69 Å². The third-order valence-corrected chi connectivity index (χ3v) is 4.24. The van der Waals surface area contributed by atoms with Crippen molar-refractivity contribution in [2.75, 3.05) is 11.9 Å². The summed E-state index contributed by atoms with van der Waals surface area (Å²) in [5.41, 5.74) is -1.38. The smallest absolute Gasteiger partial charge is 0.411 e. The molecule has 0 radical (unpaired) electrons. The number of hydrogen-bond donors (Lipinski definition) is 1. The largest absolute Gasteiger partial charge is 0.444 e. The summed E-state index contributed by atoms with van der Waals surface area (Å²) in [5.74, 6) is -0.861. The van der Waals surface area contributed by atoms with Gasteiger partial charge in [0, 0.05) is 6.54 Å². The lowest BCUT2D eigenvalue weighted by atomic mass is 9.97. The Kier molecular flexibility index (Phi) is 5.08. The van der Waals surface area contributed by atoms with Crippen molar-refractivity contribution in [3.05, 3.63) is 29.0 Å². The van der Waals surface area contributed by atoms with Crippen LogP contribution in [-0.4, -0.2) is 34.6 Å². The van der Waals surface area contributed by atoms with E-state index in [1.807, 2.05) is 0 Å². The Morgan fingerprint density at radius 1 is 1.38 bits per heavy atom. The SMILES string of the molecule is CC(C)(C)OC(=O)N1CCCC1(C)C(=O)Nc1ccc(F)cc1Cl. The molecule has 1 fully saturated rings. The standard InChI is InChI=1S/C17H22ClFN2O3/c1-16(2,3)24-15(23)21-9-5-8-17(21,4)14(22)20-13-7-6-11(19)10-12(13)18/h6-7,10H,5,8-9H2,1-4H3,(H,20,22).